The third kappa shape index (κ3) is 4.02. The number of carbonyl (C=O) groups is 1. The van der Waals surface area contributed by atoms with Crippen molar-refractivity contribution in [2.45, 2.75) is 10.8 Å². The number of imidazole rings is 1. The summed E-state index contributed by atoms with van der Waals surface area (Å²) in [4.78, 5) is 25.4. The Morgan fingerprint density at radius 3 is 2.68 bits per heavy atom. The zero-order valence-electron chi connectivity index (χ0n) is 17.2. The van der Waals surface area contributed by atoms with Gasteiger partial charge >= 0.3 is 0 Å². The van der Waals surface area contributed by atoms with E-state index >= 15 is 0 Å². The Bertz CT molecular complexity index is 1610. The summed E-state index contributed by atoms with van der Waals surface area (Å²) in [5, 5.41) is 3.29. The van der Waals surface area contributed by atoms with E-state index in [-0.39, 0.29) is 33.8 Å². The van der Waals surface area contributed by atoms with Gasteiger partial charge in [0.2, 0.25) is 5.95 Å². The summed E-state index contributed by atoms with van der Waals surface area (Å²) >= 11 is 6.87. The highest BCUT2D eigenvalue weighted by molar-refractivity contribution is 7.92. The Balaban J connectivity index is 1.42. The maximum absolute atomic E-state index is 13.3. The molecule has 0 fully saturated rings. The first kappa shape index (κ1) is 22.1. The molecule has 0 aliphatic rings. The molecule has 0 atom stereocenters. The van der Waals surface area contributed by atoms with Gasteiger partial charge in [0.1, 0.15) is 21.7 Å². The minimum Gasteiger partial charge on any atom is -0.463 e. The first-order chi connectivity index (χ1) is 16.3. The highest BCUT2D eigenvalue weighted by Gasteiger charge is 2.25. The number of benzene rings is 1. The predicted octanol–water partition coefficient (Wildman–Crippen LogP) is 3.55. The van der Waals surface area contributed by atoms with Crippen LogP contribution < -0.4 is 11.1 Å². The third-order valence-electron chi connectivity index (χ3n) is 4.82. The molecule has 1 amide bonds. The van der Waals surface area contributed by atoms with Gasteiger partial charge in [0.15, 0.2) is 11.4 Å². The number of nitrogens with two attached hydrogens (primary N) is 1. The quantitative estimate of drug-likeness (QED) is 0.349. The van der Waals surface area contributed by atoms with Crippen LogP contribution in [0.2, 0.25) is 5.02 Å². The van der Waals surface area contributed by atoms with Crippen LogP contribution in [0, 0.1) is 0 Å². The maximum Gasteiger partial charge on any atom is 0.280 e. The van der Waals surface area contributed by atoms with Crippen molar-refractivity contribution in [2.75, 3.05) is 5.73 Å². The lowest BCUT2D eigenvalue weighted by molar-refractivity contribution is 0.0951. The zero-order chi connectivity index (χ0) is 23.9. The topological polar surface area (TPSA) is 146 Å². The number of nitrogen functional groups attached to an aromatic ring is 1. The molecule has 172 valence electrons. The van der Waals surface area contributed by atoms with E-state index in [9.17, 15) is 13.2 Å². The smallest absolute Gasteiger partial charge is 0.280 e. The van der Waals surface area contributed by atoms with Gasteiger partial charge in [-0.3, -0.25) is 4.79 Å². The summed E-state index contributed by atoms with van der Waals surface area (Å²) in [6.45, 7) is 0.157. The molecule has 10 nitrogen and oxygen atoms in total. The van der Waals surface area contributed by atoms with Crippen LogP contribution in [0.3, 0.4) is 0 Å². The summed E-state index contributed by atoms with van der Waals surface area (Å²) in [5.74, 6) is -0.0306. The molecule has 0 bridgehead atoms. The van der Waals surface area contributed by atoms with E-state index in [2.05, 4.69) is 20.3 Å². The number of amides is 1. The second-order valence-electron chi connectivity index (χ2n) is 7.04. The van der Waals surface area contributed by atoms with Crippen LogP contribution >= 0.6 is 22.9 Å². The Morgan fingerprint density at radius 2 is 1.94 bits per heavy atom. The van der Waals surface area contributed by atoms with E-state index in [1.807, 2.05) is 0 Å². The number of furan rings is 1. The van der Waals surface area contributed by atoms with Crippen LogP contribution in [0.1, 0.15) is 15.2 Å². The molecule has 0 aliphatic heterocycles. The number of nitrogens with one attached hydrogen (secondary N) is 1. The highest BCUT2D eigenvalue weighted by atomic mass is 35.5. The van der Waals surface area contributed by atoms with Gasteiger partial charge in [-0.1, -0.05) is 11.6 Å². The third-order valence-corrected chi connectivity index (χ3v) is 8.26. The number of rotatable bonds is 6. The zero-order valence-corrected chi connectivity index (χ0v) is 19.6. The van der Waals surface area contributed by atoms with Crippen molar-refractivity contribution in [2.24, 2.45) is 0 Å². The van der Waals surface area contributed by atoms with Gasteiger partial charge < -0.3 is 15.5 Å². The van der Waals surface area contributed by atoms with Crippen molar-refractivity contribution in [3.63, 3.8) is 0 Å². The Hall–Kier alpha value is -3.74. The van der Waals surface area contributed by atoms with Crippen LogP contribution in [-0.4, -0.2) is 33.2 Å². The lowest BCUT2D eigenvalue weighted by Crippen LogP contribution is -2.22. The van der Waals surface area contributed by atoms with Crippen molar-refractivity contribution >= 4 is 56.0 Å². The molecule has 3 N–H and O–H groups in total. The first-order valence-corrected chi connectivity index (χ1v) is 12.4. The van der Waals surface area contributed by atoms with Crippen LogP contribution in [0.4, 0.5) is 5.95 Å². The second kappa shape index (κ2) is 8.56. The molecule has 0 saturated heterocycles. The summed E-state index contributed by atoms with van der Waals surface area (Å²) in [5.41, 5.74) is 6.83. The average molecular weight is 515 g/mol. The molecule has 1 aromatic carbocycles. The van der Waals surface area contributed by atoms with Gasteiger partial charge in [-0.2, -0.15) is 13.4 Å². The van der Waals surface area contributed by atoms with Gasteiger partial charge in [0.05, 0.1) is 12.8 Å². The lowest BCUT2D eigenvalue weighted by atomic mass is 10.2. The van der Waals surface area contributed by atoms with Crippen molar-refractivity contribution in [3.05, 3.63) is 76.6 Å². The molecule has 0 aliphatic carbocycles. The second-order valence-corrected chi connectivity index (χ2v) is 10.7. The van der Waals surface area contributed by atoms with Gasteiger partial charge in [0.25, 0.3) is 15.9 Å². The minimum absolute atomic E-state index is 0.0323. The lowest BCUT2D eigenvalue weighted by Gasteiger charge is -2.05. The predicted molar refractivity (Wildman–Crippen MR) is 127 cm³/mol. The van der Waals surface area contributed by atoms with Crippen LogP contribution in [0.25, 0.3) is 22.6 Å². The number of thiophene rings is 1. The molecule has 0 saturated carbocycles. The molecule has 34 heavy (non-hydrogen) atoms. The molecule has 5 aromatic rings. The SMILES string of the molecule is Nc1nc(-c2ccco2)c2ncn(S(=O)(=O)c3ccc(CNC(=O)c4ccc(Cl)cc4)s3)c2n1. The van der Waals surface area contributed by atoms with E-state index in [4.69, 9.17) is 21.8 Å². The number of carbonyl (C=O) groups excluding carboxylic acids is 1. The number of anilines is 1. The molecular formula is C21H15ClN6O4S2. The molecule has 4 aromatic heterocycles. The van der Waals surface area contributed by atoms with E-state index in [0.29, 0.717) is 26.9 Å². The van der Waals surface area contributed by atoms with Gasteiger partial charge in [-0.25, -0.2) is 13.9 Å². The Labute approximate surface area is 202 Å². The molecule has 13 heteroatoms. The van der Waals surface area contributed by atoms with Crippen molar-refractivity contribution < 1.29 is 17.6 Å². The standard InChI is InChI=1S/C21H15ClN6O4S2/c22-13-5-3-12(4-6-13)20(29)24-10-14-7-8-16(33-14)34(30,31)28-11-25-18-17(15-2-1-9-32-15)26-21(23)27-19(18)28/h1-9,11H,10H2,(H,24,29)(H2,23,26,27). The average Bonchev–Trinajstić information content (AvgIpc) is 3.58. The van der Waals surface area contributed by atoms with Gasteiger partial charge in [-0.15, -0.1) is 11.3 Å². The van der Waals surface area contributed by atoms with Gasteiger partial charge in [0, 0.05) is 15.5 Å². The molecule has 4 heterocycles. The Kier molecular flexibility index (Phi) is 5.55. The largest absolute Gasteiger partial charge is 0.463 e. The van der Waals surface area contributed by atoms with Crippen molar-refractivity contribution in [1.29, 1.82) is 0 Å². The molecule has 5 rings (SSSR count). The number of nitrogens with zero attached hydrogens (tertiary/aromatic N) is 4. The summed E-state index contributed by atoms with van der Waals surface area (Å²) in [6, 6.07) is 12.9. The Morgan fingerprint density at radius 1 is 1.15 bits per heavy atom. The fraction of sp³-hybridized carbons (Fsp3) is 0.0476. The molecule has 0 spiro atoms. The monoisotopic (exact) mass is 514 g/mol. The highest BCUT2D eigenvalue weighted by Crippen LogP contribution is 2.30. The fourth-order valence-electron chi connectivity index (χ4n) is 3.22. The van der Waals surface area contributed by atoms with Gasteiger partial charge in [-0.05, 0) is 48.5 Å². The number of fused-ring (bicyclic) bond motifs is 1. The van der Waals surface area contributed by atoms with Crippen LogP contribution in [0.5, 0.6) is 0 Å². The summed E-state index contributed by atoms with van der Waals surface area (Å²) in [7, 11) is -4.03. The number of hydrogen-bond donors (Lipinski definition) is 2. The van der Waals surface area contributed by atoms with Crippen LogP contribution in [-0.2, 0) is 16.6 Å². The molecular weight excluding hydrogens is 500 g/mol. The summed E-state index contributed by atoms with van der Waals surface area (Å²) < 4.78 is 33.0. The fourth-order valence-corrected chi connectivity index (χ4v) is 5.96. The maximum atomic E-state index is 13.3. The van der Waals surface area contributed by atoms with Crippen molar-refractivity contribution in [1.82, 2.24) is 24.2 Å². The van der Waals surface area contributed by atoms with E-state index in [0.717, 1.165) is 21.6 Å². The van der Waals surface area contributed by atoms with E-state index in [1.54, 1.807) is 42.5 Å². The summed E-state index contributed by atoms with van der Waals surface area (Å²) in [6.07, 6.45) is 2.62. The number of halogens is 1. The normalized spacial score (nSPS) is 11.7. The number of hydrogen-bond acceptors (Lipinski definition) is 9. The molecule has 0 unspecified atom stereocenters. The van der Waals surface area contributed by atoms with Crippen molar-refractivity contribution in [3.8, 4) is 11.5 Å². The first-order valence-electron chi connectivity index (χ1n) is 9.75. The molecule has 0 radical (unpaired) electrons. The van der Waals surface area contributed by atoms with E-state index in [1.165, 1.54) is 12.3 Å². The number of aromatic nitrogens is 4. The van der Waals surface area contributed by atoms with E-state index < -0.39 is 10.0 Å². The minimum atomic E-state index is -4.03. The van der Waals surface area contributed by atoms with Crippen LogP contribution in [0.15, 0.2) is 69.7 Å².